The van der Waals surface area contributed by atoms with Gasteiger partial charge in [0.2, 0.25) is 0 Å². The number of hydrogen-bond donors (Lipinski definition) is 1. The third kappa shape index (κ3) is 5.79. The molecule has 106 valence electrons. The normalized spacial score (nSPS) is 10.8. The predicted octanol–water partition coefficient (Wildman–Crippen LogP) is 4.60. The molecule has 0 bridgehead atoms. The third-order valence-electron chi connectivity index (χ3n) is 2.82. The first kappa shape index (κ1) is 16.3. The van der Waals surface area contributed by atoms with Crippen LogP contribution in [0.3, 0.4) is 0 Å². The first-order chi connectivity index (χ1) is 9.04. The summed E-state index contributed by atoms with van der Waals surface area (Å²) in [4.78, 5) is 0. The number of aryl methyl sites for hydroxylation is 1. The van der Waals surface area contributed by atoms with Gasteiger partial charge in [0.1, 0.15) is 5.75 Å². The molecule has 0 saturated carbocycles. The molecule has 2 nitrogen and oxygen atoms in total. The number of hydrogen-bond acceptors (Lipinski definition) is 2. The largest absolute Gasteiger partial charge is 0.493 e. The Hall–Kier alpha value is -0.800. The van der Waals surface area contributed by atoms with Crippen molar-refractivity contribution in [2.45, 2.75) is 46.2 Å². The molecule has 0 aliphatic rings. The molecular formula is C16H24BrNO. The summed E-state index contributed by atoms with van der Waals surface area (Å²) in [5, 5.41) is 3.44. The molecular weight excluding hydrogens is 302 g/mol. The zero-order valence-electron chi connectivity index (χ0n) is 12.1. The summed E-state index contributed by atoms with van der Waals surface area (Å²) in [7, 11) is 0. The summed E-state index contributed by atoms with van der Waals surface area (Å²) >= 11 is 3.55. The monoisotopic (exact) mass is 325 g/mol. The lowest BCUT2D eigenvalue weighted by Crippen LogP contribution is -2.22. The molecule has 1 rings (SSSR count). The highest BCUT2D eigenvalue weighted by Crippen LogP contribution is 2.28. The zero-order valence-corrected chi connectivity index (χ0v) is 13.7. The lowest BCUT2D eigenvalue weighted by atomic mass is 10.1. The third-order valence-corrected chi connectivity index (χ3v) is 3.27. The molecule has 0 unspecified atom stereocenters. The van der Waals surface area contributed by atoms with E-state index in [1.165, 1.54) is 11.1 Å². The molecule has 0 aliphatic carbocycles. The maximum Gasteiger partial charge on any atom is 0.126 e. The summed E-state index contributed by atoms with van der Waals surface area (Å²) in [6, 6.07) is 4.69. The zero-order chi connectivity index (χ0) is 14.3. The molecule has 1 N–H and O–H groups in total. The summed E-state index contributed by atoms with van der Waals surface area (Å²) < 4.78 is 7.05. The van der Waals surface area contributed by atoms with Crippen molar-refractivity contribution >= 4 is 15.9 Å². The van der Waals surface area contributed by atoms with Crippen LogP contribution in [0.4, 0.5) is 0 Å². The van der Waals surface area contributed by atoms with Gasteiger partial charge in [0.15, 0.2) is 0 Å². The van der Waals surface area contributed by atoms with Gasteiger partial charge in [0.05, 0.1) is 6.61 Å². The van der Waals surface area contributed by atoms with Gasteiger partial charge in [-0.2, -0.15) is 0 Å². The van der Waals surface area contributed by atoms with E-state index in [0.717, 1.165) is 36.2 Å². The van der Waals surface area contributed by atoms with Crippen molar-refractivity contribution in [3.05, 3.63) is 40.4 Å². The maximum atomic E-state index is 5.95. The Bertz CT molecular complexity index is 415. The topological polar surface area (TPSA) is 21.3 Å². The molecule has 0 radical (unpaired) electrons. The molecule has 0 saturated heterocycles. The summed E-state index contributed by atoms with van der Waals surface area (Å²) in [6.07, 6.45) is 3.93. The Morgan fingerprint density at radius 1 is 1.42 bits per heavy atom. The van der Waals surface area contributed by atoms with Crippen LogP contribution in [0.25, 0.3) is 0 Å². The number of halogens is 1. The van der Waals surface area contributed by atoms with Crippen molar-refractivity contribution in [1.29, 1.82) is 0 Å². The molecule has 3 heteroatoms. The van der Waals surface area contributed by atoms with Crippen LogP contribution < -0.4 is 10.1 Å². The number of rotatable bonds is 8. The van der Waals surface area contributed by atoms with Crippen LogP contribution in [0.5, 0.6) is 5.75 Å². The van der Waals surface area contributed by atoms with Crippen molar-refractivity contribution in [1.82, 2.24) is 5.32 Å². The van der Waals surface area contributed by atoms with Gasteiger partial charge in [-0.1, -0.05) is 35.9 Å². The smallest absolute Gasteiger partial charge is 0.126 e. The number of nitrogens with one attached hydrogen (secondary N) is 1. The predicted molar refractivity (Wildman–Crippen MR) is 85.8 cm³/mol. The second-order valence-electron chi connectivity index (χ2n) is 5.03. The highest BCUT2D eigenvalue weighted by atomic mass is 79.9. The number of ether oxygens (including phenoxy) is 1. The van der Waals surface area contributed by atoms with Gasteiger partial charge in [-0.25, -0.2) is 0 Å². The molecule has 0 atom stereocenters. The minimum absolute atomic E-state index is 0.466. The quantitative estimate of drug-likeness (QED) is 0.557. The molecule has 0 heterocycles. The van der Waals surface area contributed by atoms with Gasteiger partial charge in [-0.15, -0.1) is 6.58 Å². The SMILES string of the molecule is C=CCCCOc1c(C)cc(Br)cc1CNC(C)C. The second-order valence-corrected chi connectivity index (χ2v) is 5.94. The van der Waals surface area contributed by atoms with Gasteiger partial charge in [-0.05, 0) is 37.5 Å². The number of benzene rings is 1. The Morgan fingerprint density at radius 3 is 2.79 bits per heavy atom. The van der Waals surface area contributed by atoms with Crippen molar-refractivity contribution in [3.63, 3.8) is 0 Å². The molecule has 0 fully saturated rings. The standard InChI is InChI=1S/C16H24BrNO/c1-5-6-7-8-19-16-13(4)9-15(17)10-14(16)11-18-12(2)3/h5,9-10,12,18H,1,6-8,11H2,2-4H3. The van der Waals surface area contributed by atoms with Crippen molar-refractivity contribution in [2.75, 3.05) is 6.61 Å². The average Bonchev–Trinajstić information content (AvgIpc) is 2.34. The summed E-state index contributed by atoms with van der Waals surface area (Å²) in [5.41, 5.74) is 2.38. The van der Waals surface area contributed by atoms with Crippen LogP contribution in [-0.2, 0) is 6.54 Å². The molecule has 19 heavy (non-hydrogen) atoms. The van der Waals surface area contributed by atoms with Crippen molar-refractivity contribution in [3.8, 4) is 5.75 Å². The van der Waals surface area contributed by atoms with Gasteiger partial charge in [-0.3, -0.25) is 0 Å². The number of unbranched alkanes of at least 4 members (excludes halogenated alkanes) is 1. The lowest BCUT2D eigenvalue weighted by molar-refractivity contribution is 0.305. The van der Waals surface area contributed by atoms with E-state index in [0.29, 0.717) is 6.04 Å². The van der Waals surface area contributed by atoms with Gasteiger partial charge >= 0.3 is 0 Å². The lowest BCUT2D eigenvalue weighted by Gasteiger charge is -2.16. The van der Waals surface area contributed by atoms with Gasteiger partial charge in [0, 0.05) is 22.6 Å². The Balaban J connectivity index is 2.77. The Kier molecular flexibility index (Phi) is 7.17. The van der Waals surface area contributed by atoms with Gasteiger partial charge < -0.3 is 10.1 Å². The van der Waals surface area contributed by atoms with E-state index in [9.17, 15) is 0 Å². The van der Waals surface area contributed by atoms with E-state index in [1.54, 1.807) is 0 Å². The van der Waals surface area contributed by atoms with E-state index in [2.05, 4.69) is 60.7 Å². The van der Waals surface area contributed by atoms with Crippen LogP contribution in [-0.4, -0.2) is 12.6 Å². The van der Waals surface area contributed by atoms with Crippen LogP contribution in [0.2, 0.25) is 0 Å². The van der Waals surface area contributed by atoms with Crippen molar-refractivity contribution in [2.24, 2.45) is 0 Å². The van der Waals surface area contributed by atoms with Crippen LogP contribution in [0.15, 0.2) is 29.3 Å². The fraction of sp³-hybridized carbons (Fsp3) is 0.500. The first-order valence-electron chi connectivity index (χ1n) is 6.80. The Labute approximate surface area is 125 Å². The fourth-order valence-corrected chi connectivity index (χ4v) is 2.47. The van der Waals surface area contributed by atoms with E-state index in [1.807, 2.05) is 6.08 Å². The summed E-state index contributed by atoms with van der Waals surface area (Å²) in [6.45, 7) is 11.7. The number of allylic oxidation sites excluding steroid dienone is 1. The van der Waals surface area contributed by atoms with Crippen LogP contribution >= 0.6 is 15.9 Å². The maximum absolute atomic E-state index is 5.95. The molecule has 0 spiro atoms. The minimum atomic E-state index is 0.466. The second kappa shape index (κ2) is 8.39. The van der Waals surface area contributed by atoms with E-state index in [-0.39, 0.29) is 0 Å². The average molecular weight is 326 g/mol. The van der Waals surface area contributed by atoms with E-state index < -0.39 is 0 Å². The van der Waals surface area contributed by atoms with Crippen LogP contribution in [0, 0.1) is 6.92 Å². The Morgan fingerprint density at radius 2 is 2.16 bits per heavy atom. The molecule has 0 aliphatic heterocycles. The van der Waals surface area contributed by atoms with Crippen LogP contribution in [0.1, 0.15) is 37.8 Å². The van der Waals surface area contributed by atoms with Crippen molar-refractivity contribution < 1.29 is 4.74 Å². The highest BCUT2D eigenvalue weighted by Gasteiger charge is 2.09. The molecule has 1 aromatic rings. The first-order valence-corrected chi connectivity index (χ1v) is 7.60. The molecule has 0 amide bonds. The highest BCUT2D eigenvalue weighted by molar-refractivity contribution is 9.10. The van der Waals surface area contributed by atoms with E-state index >= 15 is 0 Å². The molecule has 0 aromatic heterocycles. The fourth-order valence-electron chi connectivity index (χ4n) is 1.85. The minimum Gasteiger partial charge on any atom is -0.493 e. The van der Waals surface area contributed by atoms with E-state index in [4.69, 9.17) is 4.74 Å². The molecule has 1 aromatic carbocycles. The summed E-state index contributed by atoms with van der Waals surface area (Å²) in [5.74, 6) is 1.01. The van der Waals surface area contributed by atoms with Gasteiger partial charge in [0.25, 0.3) is 0 Å².